The van der Waals surface area contributed by atoms with Gasteiger partial charge in [-0.05, 0) is 25.5 Å². The van der Waals surface area contributed by atoms with E-state index < -0.39 is 11.9 Å². The summed E-state index contributed by atoms with van der Waals surface area (Å²) in [6.45, 7) is 2.12. The third-order valence-corrected chi connectivity index (χ3v) is 3.88. The molecular formula is C12H12Cl2N2O3. The number of amides is 1. The van der Waals surface area contributed by atoms with Gasteiger partial charge >= 0.3 is 5.97 Å². The molecule has 0 aliphatic carbocycles. The fraction of sp³-hybridized carbons (Fsp3) is 0.417. The van der Waals surface area contributed by atoms with Gasteiger partial charge in [0.2, 0.25) is 0 Å². The SMILES string of the molecule is CC1C(C(=O)O)CCN1C(=O)c1ccc(Cl)nc1Cl. The summed E-state index contributed by atoms with van der Waals surface area (Å²) in [5.74, 6) is -1.74. The van der Waals surface area contributed by atoms with Crippen LogP contribution in [0.3, 0.4) is 0 Å². The number of rotatable bonds is 2. The molecule has 2 heterocycles. The Morgan fingerprint density at radius 1 is 1.42 bits per heavy atom. The Morgan fingerprint density at radius 3 is 2.63 bits per heavy atom. The molecule has 0 bridgehead atoms. The van der Waals surface area contributed by atoms with Crippen molar-refractivity contribution in [2.75, 3.05) is 6.54 Å². The van der Waals surface area contributed by atoms with Crippen LogP contribution in [0, 0.1) is 5.92 Å². The first-order valence-corrected chi connectivity index (χ1v) is 6.53. The Labute approximate surface area is 120 Å². The number of likely N-dealkylation sites (tertiary alicyclic amines) is 1. The van der Waals surface area contributed by atoms with E-state index in [1.165, 1.54) is 17.0 Å². The van der Waals surface area contributed by atoms with Crippen molar-refractivity contribution in [3.63, 3.8) is 0 Å². The lowest BCUT2D eigenvalue weighted by Crippen LogP contribution is -2.37. The summed E-state index contributed by atoms with van der Waals surface area (Å²) < 4.78 is 0. The molecule has 102 valence electrons. The number of carboxylic acid groups (broad SMARTS) is 1. The largest absolute Gasteiger partial charge is 0.481 e. The standard InChI is InChI=1S/C12H12Cl2N2O3/c1-6-7(12(18)19)4-5-16(6)11(17)8-2-3-9(13)15-10(8)14/h2-3,6-7H,4-5H2,1H3,(H,18,19). The van der Waals surface area contributed by atoms with Gasteiger partial charge < -0.3 is 10.0 Å². The quantitative estimate of drug-likeness (QED) is 0.851. The molecule has 0 spiro atoms. The summed E-state index contributed by atoms with van der Waals surface area (Å²) in [5, 5.41) is 9.29. The van der Waals surface area contributed by atoms with E-state index in [0.29, 0.717) is 13.0 Å². The van der Waals surface area contributed by atoms with Gasteiger partial charge in [-0.3, -0.25) is 9.59 Å². The van der Waals surface area contributed by atoms with Gasteiger partial charge in [-0.15, -0.1) is 0 Å². The molecule has 1 aliphatic heterocycles. The fourth-order valence-corrected chi connectivity index (χ4v) is 2.71. The second kappa shape index (κ2) is 5.35. The number of carboxylic acids is 1. The number of pyridine rings is 1. The van der Waals surface area contributed by atoms with E-state index in [-0.39, 0.29) is 27.8 Å². The smallest absolute Gasteiger partial charge is 0.308 e. The van der Waals surface area contributed by atoms with Crippen LogP contribution in [0.5, 0.6) is 0 Å². The third-order valence-electron chi connectivity index (χ3n) is 3.38. The number of nitrogens with zero attached hydrogens (tertiary/aromatic N) is 2. The zero-order chi connectivity index (χ0) is 14.2. The molecule has 2 atom stereocenters. The van der Waals surface area contributed by atoms with Gasteiger partial charge in [0.15, 0.2) is 0 Å². The maximum absolute atomic E-state index is 12.3. The highest BCUT2D eigenvalue weighted by Crippen LogP contribution is 2.28. The lowest BCUT2D eigenvalue weighted by atomic mass is 10.0. The molecule has 5 nitrogen and oxygen atoms in total. The van der Waals surface area contributed by atoms with Crippen molar-refractivity contribution in [2.45, 2.75) is 19.4 Å². The van der Waals surface area contributed by atoms with E-state index in [0.717, 1.165) is 0 Å². The Bertz CT molecular complexity index is 536. The number of hydrogen-bond donors (Lipinski definition) is 1. The van der Waals surface area contributed by atoms with Crippen LogP contribution in [-0.2, 0) is 4.79 Å². The summed E-state index contributed by atoms with van der Waals surface area (Å²) in [7, 11) is 0. The molecule has 1 N–H and O–H groups in total. The Balaban J connectivity index is 2.23. The molecule has 19 heavy (non-hydrogen) atoms. The van der Waals surface area contributed by atoms with Crippen molar-refractivity contribution in [1.29, 1.82) is 0 Å². The van der Waals surface area contributed by atoms with Crippen LogP contribution in [0.1, 0.15) is 23.7 Å². The van der Waals surface area contributed by atoms with Crippen molar-refractivity contribution in [2.24, 2.45) is 5.92 Å². The third kappa shape index (κ3) is 2.67. The van der Waals surface area contributed by atoms with E-state index in [1.807, 2.05) is 0 Å². The maximum atomic E-state index is 12.3. The molecule has 1 saturated heterocycles. The second-order valence-electron chi connectivity index (χ2n) is 4.44. The predicted octanol–water partition coefficient (Wildman–Crippen LogP) is 2.32. The molecular weight excluding hydrogens is 291 g/mol. The topological polar surface area (TPSA) is 70.5 Å². The van der Waals surface area contributed by atoms with Crippen LogP contribution in [0.15, 0.2) is 12.1 Å². The van der Waals surface area contributed by atoms with Crippen molar-refractivity contribution in [1.82, 2.24) is 9.88 Å². The summed E-state index contributed by atoms with van der Waals surface area (Å²) in [6, 6.07) is 2.62. The molecule has 0 aromatic carbocycles. The monoisotopic (exact) mass is 302 g/mol. The molecule has 2 unspecified atom stereocenters. The van der Waals surface area contributed by atoms with E-state index in [2.05, 4.69) is 4.98 Å². The maximum Gasteiger partial charge on any atom is 0.308 e. The van der Waals surface area contributed by atoms with Crippen molar-refractivity contribution >= 4 is 35.1 Å². The zero-order valence-corrected chi connectivity index (χ0v) is 11.6. The first-order chi connectivity index (χ1) is 8.91. The first kappa shape index (κ1) is 14.1. The molecule has 1 amide bonds. The number of aromatic nitrogens is 1. The van der Waals surface area contributed by atoms with Gasteiger partial charge in [0, 0.05) is 12.6 Å². The average Bonchev–Trinajstić information content (AvgIpc) is 2.70. The van der Waals surface area contributed by atoms with Gasteiger partial charge in [-0.2, -0.15) is 0 Å². The lowest BCUT2D eigenvalue weighted by molar-refractivity contribution is -0.142. The van der Waals surface area contributed by atoms with Crippen LogP contribution in [0.4, 0.5) is 0 Å². The normalized spacial score (nSPS) is 22.6. The molecule has 1 aliphatic rings. The van der Waals surface area contributed by atoms with Gasteiger partial charge in [-0.1, -0.05) is 23.2 Å². The fourth-order valence-electron chi connectivity index (χ4n) is 2.28. The molecule has 7 heteroatoms. The van der Waals surface area contributed by atoms with Gasteiger partial charge in [0.1, 0.15) is 10.3 Å². The zero-order valence-electron chi connectivity index (χ0n) is 10.1. The van der Waals surface area contributed by atoms with Crippen molar-refractivity contribution in [3.05, 3.63) is 28.0 Å². The average molecular weight is 303 g/mol. The highest BCUT2D eigenvalue weighted by molar-refractivity contribution is 6.34. The Morgan fingerprint density at radius 2 is 2.11 bits per heavy atom. The predicted molar refractivity (Wildman–Crippen MR) is 70.5 cm³/mol. The molecule has 2 rings (SSSR count). The van der Waals surface area contributed by atoms with Crippen molar-refractivity contribution in [3.8, 4) is 0 Å². The van der Waals surface area contributed by atoms with E-state index in [1.54, 1.807) is 6.92 Å². The van der Waals surface area contributed by atoms with E-state index in [9.17, 15) is 9.59 Å². The Hall–Kier alpha value is -1.33. The summed E-state index contributed by atoms with van der Waals surface area (Å²) in [5.41, 5.74) is 0.240. The molecule has 0 radical (unpaired) electrons. The van der Waals surface area contributed by atoms with Gasteiger partial charge in [-0.25, -0.2) is 4.98 Å². The minimum Gasteiger partial charge on any atom is -0.481 e. The molecule has 0 saturated carbocycles. The summed E-state index contributed by atoms with van der Waals surface area (Å²) in [4.78, 5) is 28.7. The minimum absolute atomic E-state index is 0.0310. The highest BCUT2D eigenvalue weighted by atomic mass is 35.5. The molecule has 1 aromatic rings. The van der Waals surface area contributed by atoms with E-state index >= 15 is 0 Å². The summed E-state index contributed by atoms with van der Waals surface area (Å²) >= 11 is 11.6. The second-order valence-corrected chi connectivity index (χ2v) is 5.19. The minimum atomic E-state index is -0.886. The number of carbonyl (C=O) groups excluding carboxylic acids is 1. The number of aliphatic carboxylic acids is 1. The number of halogens is 2. The first-order valence-electron chi connectivity index (χ1n) is 5.77. The van der Waals surface area contributed by atoms with Crippen LogP contribution < -0.4 is 0 Å². The summed E-state index contributed by atoms with van der Waals surface area (Å²) in [6.07, 6.45) is 0.445. The van der Waals surface area contributed by atoms with Crippen LogP contribution in [-0.4, -0.2) is 39.5 Å². The Kier molecular flexibility index (Phi) is 3.96. The lowest BCUT2D eigenvalue weighted by Gasteiger charge is -2.23. The number of hydrogen-bond acceptors (Lipinski definition) is 3. The number of carbonyl (C=O) groups is 2. The van der Waals surface area contributed by atoms with Gasteiger partial charge in [0.25, 0.3) is 5.91 Å². The van der Waals surface area contributed by atoms with E-state index in [4.69, 9.17) is 28.3 Å². The highest BCUT2D eigenvalue weighted by Gasteiger charge is 2.38. The van der Waals surface area contributed by atoms with Crippen molar-refractivity contribution < 1.29 is 14.7 Å². The van der Waals surface area contributed by atoms with Crippen LogP contribution >= 0.6 is 23.2 Å². The van der Waals surface area contributed by atoms with Gasteiger partial charge in [0.05, 0.1) is 11.5 Å². The van der Waals surface area contributed by atoms with Crippen LogP contribution in [0.25, 0.3) is 0 Å². The molecule has 1 fully saturated rings. The van der Waals surface area contributed by atoms with Crippen LogP contribution in [0.2, 0.25) is 10.3 Å². The molecule has 1 aromatic heterocycles.